The van der Waals surface area contributed by atoms with Gasteiger partial charge in [-0.3, -0.25) is 14.4 Å². The Morgan fingerprint density at radius 3 is 2.09 bits per heavy atom. The molecule has 0 unspecified atom stereocenters. The van der Waals surface area contributed by atoms with Crippen LogP contribution in [0.4, 0.5) is 11.4 Å². The molecule has 0 heterocycles. The molecule has 33 heavy (non-hydrogen) atoms. The highest BCUT2D eigenvalue weighted by Crippen LogP contribution is 2.29. The van der Waals surface area contributed by atoms with Gasteiger partial charge in [-0.2, -0.15) is 0 Å². The van der Waals surface area contributed by atoms with Gasteiger partial charge < -0.3 is 25.8 Å². The lowest BCUT2D eigenvalue weighted by molar-refractivity contribution is -0.113. The number of hydrogen-bond donors (Lipinski definition) is 3. The average molecular weight is 466 g/mol. The number of carbonyl (C=O) groups excluding carboxylic acids is 3. The van der Waals surface area contributed by atoms with Gasteiger partial charge >= 0.3 is 0 Å². The summed E-state index contributed by atoms with van der Waals surface area (Å²) in [5.41, 5.74) is 7.01. The number of hydrogen-bond acceptors (Lipinski definition) is 6. The van der Waals surface area contributed by atoms with Gasteiger partial charge in [0.25, 0.3) is 5.91 Å². The summed E-state index contributed by atoms with van der Waals surface area (Å²) in [4.78, 5) is 37.1. The van der Waals surface area contributed by atoms with Gasteiger partial charge in [0, 0.05) is 21.8 Å². The molecule has 0 fully saturated rings. The summed E-state index contributed by atoms with van der Waals surface area (Å²) in [5, 5.41) is 5.60. The molecular weight excluding hydrogens is 442 g/mol. The maximum absolute atomic E-state index is 12.8. The molecule has 3 amide bonds. The van der Waals surface area contributed by atoms with E-state index in [2.05, 4.69) is 10.6 Å². The molecule has 3 aromatic carbocycles. The van der Waals surface area contributed by atoms with Crippen molar-refractivity contribution in [2.75, 3.05) is 30.6 Å². The standard InChI is InChI=1S/C24H23N3O5S/c1-31-19-7-4-8-20(32-2)22(19)24(30)27-17-5-3-6-18(13-17)33-14-21(28)26-16-11-9-15(10-12-16)23(25)29/h3-13H,14H2,1-2H3,(H2,25,29)(H,26,28)(H,27,30). The van der Waals surface area contributed by atoms with Crippen LogP contribution in [0.3, 0.4) is 0 Å². The number of amides is 3. The van der Waals surface area contributed by atoms with Crippen LogP contribution in [0, 0.1) is 0 Å². The van der Waals surface area contributed by atoms with E-state index in [0.29, 0.717) is 34.0 Å². The molecule has 3 aromatic rings. The number of methoxy groups -OCH3 is 2. The second-order valence-corrected chi connectivity index (χ2v) is 7.85. The van der Waals surface area contributed by atoms with E-state index in [-0.39, 0.29) is 17.6 Å². The third kappa shape index (κ3) is 6.27. The molecule has 3 rings (SSSR count). The monoisotopic (exact) mass is 465 g/mol. The van der Waals surface area contributed by atoms with E-state index in [1.54, 1.807) is 60.7 Å². The highest BCUT2D eigenvalue weighted by molar-refractivity contribution is 8.00. The number of nitrogens with one attached hydrogen (secondary N) is 2. The smallest absolute Gasteiger partial charge is 0.263 e. The third-order valence-corrected chi connectivity index (χ3v) is 5.56. The van der Waals surface area contributed by atoms with Gasteiger partial charge in [-0.25, -0.2) is 0 Å². The Morgan fingerprint density at radius 2 is 1.48 bits per heavy atom. The SMILES string of the molecule is COc1cccc(OC)c1C(=O)Nc1cccc(SCC(=O)Nc2ccc(C(N)=O)cc2)c1. The molecule has 170 valence electrons. The van der Waals surface area contributed by atoms with Crippen LogP contribution in [0.1, 0.15) is 20.7 Å². The fourth-order valence-electron chi connectivity index (χ4n) is 3.00. The quantitative estimate of drug-likeness (QED) is 0.414. The minimum atomic E-state index is -0.528. The van der Waals surface area contributed by atoms with E-state index in [1.807, 2.05) is 6.07 Å². The molecule has 0 aliphatic heterocycles. The Labute approximate surface area is 195 Å². The minimum Gasteiger partial charge on any atom is -0.496 e. The van der Waals surface area contributed by atoms with Crippen LogP contribution in [-0.4, -0.2) is 37.7 Å². The summed E-state index contributed by atoms with van der Waals surface area (Å²) >= 11 is 1.32. The number of rotatable bonds is 9. The van der Waals surface area contributed by atoms with Gasteiger partial charge in [-0.15, -0.1) is 11.8 Å². The van der Waals surface area contributed by atoms with Crippen molar-refractivity contribution in [3.05, 3.63) is 77.9 Å². The maximum Gasteiger partial charge on any atom is 0.263 e. The van der Waals surface area contributed by atoms with Crippen LogP contribution >= 0.6 is 11.8 Å². The number of anilines is 2. The zero-order chi connectivity index (χ0) is 23.8. The van der Waals surface area contributed by atoms with Crippen LogP contribution in [0.25, 0.3) is 0 Å². The van der Waals surface area contributed by atoms with Crippen molar-refractivity contribution in [2.24, 2.45) is 5.73 Å². The Kier molecular flexibility index (Phi) is 7.93. The van der Waals surface area contributed by atoms with E-state index in [4.69, 9.17) is 15.2 Å². The Balaban J connectivity index is 1.61. The van der Waals surface area contributed by atoms with Crippen LogP contribution in [-0.2, 0) is 4.79 Å². The predicted octanol–water partition coefficient (Wildman–Crippen LogP) is 3.79. The number of benzene rings is 3. The van der Waals surface area contributed by atoms with Gasteiger partial charge in [0.2, 0.25) is 11.8 Å². The second-order valence-electron chi connectivity index (χ2n) is 6.80. The lowest BCUT2D eigenvalue weighted by Crippen LogP contribution is -2.15. The van der Waals surface area contributed by atoms with Crippen LogP contribution in [0.2, 0.25) is 0 Å². The molecule has 0 spiro atoms. The summed E-state index contributed by atoms with van der Waals surface area (Å²) in [6.45, 7) is 0. The van der Waals surface area contributed by atoms with Crippen molar-refractivity contribution < 1.29 is 23.9 Å². The summed E-state index contributed by atoms with van der Waals surface area (Å²) < 4.78 is 10.6. The van der Waals surface area contributed by atoms with Crippen molar-refractivity contribution in [1.82, 2.24) is 0 Å². The fraction of sp³-hybridized carbons (Fsp3) is 0.125. The zero-order valence-corrected chi connectivity index (χ0v) is 18.9. The van der Waals surface area contributed by atoms with Crippen molar-refractivity contribution in [3.63, 3.8) is 0 Å². The van der Waals surface area contributed by atoms with E-state index >= 15 is 0 Å². The Hall–Kier alpha value is -3.98. The van der Waals surface area contributed by atoms with Crippen LogP contribution < -0.4 is 25.8 Å². The summed E-state index contributed by atoms with van der Waals surface area (Å²) in [5.74, 6) is -0.144. The topological polar surface area (TPSA) is 120 Å². The highest BCUT2D eigenvalue weighted by Gasteiger charge is 2.18. The summed E-state index contributed by atoms with van der Waals surface area (Å²) in [7, 11) is 2.97. The first kappa shape index (κ1) is 23.7. The zero-order valence-electron chi connectivity index (χ0n) is 18.1. The molecule has 0 atom stereocenters. The number of thioether (sulfide) groups is 1. The lowest BCUT2D eigenvalue weighted by atomic mass is 10.1. The Bertz CT molecular complexity index is 1140. The fourth-order valence-corrected chi connectivity index (χ4v) is 3.75. The highest BCUT2D eigenvalue weighted by atomic mass is 32.2. The molecule has 0 aliphatic rings. The van der Waals surface area contributed by atoms with Crippen molar-refractivity contribution >= 4 is 40.9 Å². The number of ether oxygens (including phenoxy) is 2. The molecule has 0 aliphatic carbocycles. The first-order valence-electron chi connectivity index (χ1n) is 9.86. The normalized spacial score (nSPS) is 10.2. The Morgan fingerprint density at radius 1 is 0.848 bits per heavy atom. The molecule has 0 saturated heterocycles. The van der Waals surface area contributed by atoms with E-state index in [1.165, 1.54) is 26.0 Å². The molecule has 0 bridgehead atoms. The van der Waals surface area contributed by atoms with Gasteiger partial charge in [0.1, 0.15) is 17.1 Å². The first-order chi connectivity index (χ1) is 15.9. The molecule has 9 heteroatoms. The molecule has 4 N–H and O–H groups in total. The summed E-state index contributed by atoms with van der Waals surface area (Å²) in [6.07, 6.45) is 0. The van der Waals surface area contributed by atoms with Gasteiger partial charge in [-0.1, -0.05) is 12.1 Å². The van der Waals surface area contributed by atoms with E-state index < -0.39 is 5.91 Å². The molecule has 0 saturated carbocycles. The van der Waals surface area contributed by atoms with Crippen LogP contribution in [0.5, 0.6) is 11.5 Å². The molecular formula is C24H23N3O5S. The molecule has 0 radical (unpaired) electrons. The summed E-state index contributed by atoms with van der Waals surface area (Å²) in [6, 6.07) is 18.6. The number of carbonyl (C=O) groups is 3. The second kappa shape index (κ2) is 11.1. The van der Waals surface area contributed by atoms with Crippen molar-refractivity contribution in [3.8, 4) is 11.5 Å². The van der Waals surface area contributed by atoms with Crippen molar-refractivity contribution in [1.29, 1.82) is 0 Å². The van der Waals surface area contributed by atoms with E-state index in [9.17, 15) is 14.4 Å². The van der Waals surface area contributed by atoms with Crippen molar-refractivity contribution in [2.45, 2.75) is 4.90 Å². The number of nitrogens with two attached hydrogens (primary N) is 1. The van der Waals surface area contributed by atoms with Gasteiger partial charge in [0.05, 0.1) is 20.0 Å². The van der Waals surface area contributed by atoms with Gasteiger partial charge in [-0.05, 0) is 54.6 Å². The minimum absolute atomic E-state index is 0.162. The first-order valence-corrected chi connectivity index (χ1v) is 10.8. The number of primary amides is 1. The van der Waals surface area contributed by atoms with Gasteiger partial charge in [0.15, 0.2) is 0 Å². The maximum atomic E-state index is 12.8. The average Bonchev–Trinajstić information content (AvgIpc) is 2.82. The third-order valence-electron chi connectivity index (χ3n) is 4.57. The van der Waals surface area contributed by atoms with E-state index in [0.717, 1.165) is 4.90 Å². The lowest BCUT2D eigenvalue weighted by Gasteiger charge is -2.13. The molecule has 0 aromatic heterocycles. The largest absolute Gasteiger partial charge is 0.496 e. The predicted molar refractivity (Wildman–Crippen MR) is 128 cm³/mol. The van der Waals surface area contributed by atoms with Crippen LogP contribution in [0.15, 0.2) is 71.6 Å². The molecule has 8 nitrogen and oxygen atoms in total.